The van der Waals surface area contributed by atoms with Gasteiger partial charge in [0.05, 0.1) is 7.11 Å². The van der Waals surface area contributed by atoms with Crippen LogP contribution in [0, 0.1) is 0 Å². The van der Waals surface area contributed by atoms with Gasteiger partial charge in [0.15, 0.2) is 0 Å². The van der Waals surface area contributed by atoms with Crippen LogP contribution in [0.3, 0.4) is 0 Å². The average Bonchev–Trinajstić information content (AvgIpc) is 2.40. The Labute approximate surface area is 104 Å². The lowest BCUT2D eigenvalue weighted by Crippen LogP contribution is -2.50. The molecule has 94 valence electrons. The van der Waals surface area contributed by atoms with Crippen molar-refractivity contribution in [3.8, 4) is 5.75 Å². The molecule has 1 fully saturated rings. The number of methoxy groups -OCH3 is 1. The van der Waals surface area contributed by atoms with Crippen LogP contribution < -0.4 is 10.1 Å². The normalized spacial score (nSPS) is 21.4. The van der Waals surface area contributed by atoms with E-state index in [0.717, 1.165) is 31.9 Å². The minimum absolute atomic E-state index is 0.672. The van der Waals surface area contributed by atoms with Crippen LogP contribution in [0.1, 0.15) is 18.9 Å². The molecule has 1 unspecified atom stereocenters. The Morgan fingerprint density at radius 1 is 1.35 bits per heavy atom. The van der Waals surface area contributed by atoms with Gasteiger partial charge >= 0.3 is 0 Å². The molecule has 0 radical (unpaired) electrons. The Morgan fingerprint density at radius 2 is 2.12 bits per heavy atom. The number of hydrogen-bond acceptors (Lipinski definition) is 3. The van der Waals surface area contributed by atoms with Gasteiger partial charge in [-0.15, -0.1) is 0 Å². The third-order valence-electron chi connectivity index (χ3n) is 3.49. The Morgan fingerprint density at radius 3 is 2.76 bits per heavy atom. The van der Waals surface area contributed by atoms with E-state index in [-0.39, 0.29) is 0 Å². The molecule has 0 spiro atoms. The van der Waals surface area contributed by atoms with Crippen molar-refractivity contribution in [1.82, 2.24) is 10.2 Å². The van der Waals surface area contributed by atoms with Crippen LogP contribution in [0.5, 0.6) is 5.75 Å². The first kappa shape index (κ1) is 12.4. The van der Waals surface area contributed by atoms with E-state index in [1.54, 1.807) is 7.11 Å². The SMILES string of the molecule is CCC1CNCCN1Cc1ccc(OC)cc1. The fourth-order valence-corrected chi connectivity index (χ4v) is 2.38. The van der Waals surface area contributed by atoms with E-state index >= 15 is 0 Å². The number of hydrogen-bond donors (Lipinski definition) is 1. The Balaban J connectivity index is 1.98. The molecule has 3 heteroatoms. The third-order valence-corrected chi connectivity index (χ3v) is 3.49. The molecule has 0 aliphatic carbocycles. The second-order valence-electron chi connectivity index (χ2n) is 4.58. The minimum Gasteiger partial charge on any atom is -0.497 e. The van der Waals surface area contributed by atoms with E-state index < -0.39 is 0 Å². The Bertz CT molecular complexity index is 337. The van der Waals surface area contributed by atoms with Crippen molar-refractivity contribution in [2.75, 3.05) is 26.7 Å². The number of nitrogens with zero attached hydrogens (tertiary/aromatic N) is 1. The summed E-state index contributed by atoms with van der Waals surface area (Å²) < 4.78 is 5.18. The average molecular weight is 234 g/mol. The summed E-state index contributed by atoms with van der Waals surface area (Å²) in [6, 6.07) is 9.07. The fourth-order valence-electron chi connectivity index (χ4n) is 2.38. The lowest BCUT2D eigenvalue weighted by atomic mass is 10.1. The highest BCUT2D eigenvalue weighted by atomic mass is 16.5. The van der Waals surface area contributed by atoms with Crippen LogP contribution in [0.25, 0.3) is 0 Å². The molecule has 1 aromatic rings. The van der Waals surface area contributed by atoms with Crippen molar-refractivity contribution in [2.24, 2.45) is 0 Å². The fraction of sp³-hybridized carbons (Fsp3) is 0.571. The summed E-state index contributed by atoms with van der Waals surface area (Å²) in [7, 11) is 1.71. The van der Waals surface area contributed by atoms with E-state index in [2.05, 4.69) is 29.3 Å². The lowest BCUT2D eigenvalue weighted by Gasteiger charge is -2.35. The zero-order valence-electron chi connectivity index (χ0n) is 10.8. The monoisotopic (exact) mass is 234 g/mol. The molecular weight excluding hydrogens is 212 g/mol. The Hall–Kier alpha value is -1.06. The summed E-state index contributed by atoms with van der Waals surface area (Å²) in [5, 5.41) is 3.46. The van der Waals surface area contributed by atoms with Gasteiger partial charge in [-0.25, -0.2) is 0 Å². The quantitative estimate of drug-likeness (QED) is 0.861. The lowest BCUT2D eigenvalue weighted by molar-refractivity contribution is 0.149. The maximum Gasteiger partial charge on any atom is 0.118 e. The molecule has 0 amide bonds. The first-order chi connectivity index (χ1) is 8.33. The van der Waals surface area contributed by atoms with E-state index in [0.29, 0.717) is 6.04 Å². The summed E-state index contributed by atoms with van der Waals surface area (Å²) in [5.74, 6) is 0.932. The number of nitrogens with one attached hydrogen (secondary N) is 1. The predicted molar refractivity (Wildman–Crippen MR) is 70.4 cm³/mol. The molecule has 1 aliphatic heterocycles. The predicted octanol–water partition coefficient (Wildman–Crippen LogP) is 1.88. The summed E-state index contributed by atoms with van der Waals surface area (Å²) in [6.07, 6.45) is 1.21. The molecule has 1 N–H and O–H groups in total. The van der Waals surface area contributed by atoms with Gasteiger partial charge in [-0.1, -0.05) is 19.1 Å². The second kappa shape index (κ2) is 6.03. The largest absolute Gasteiger partial charge is 0.497 e. The molecule has 17 heavy (non-hydrogen) atoms. The van der Waals surface area contributed by atoms with Crippen molar-refractivity contribution in [3.05, 3.63) is 29.8 Å². The van der Waals surface area contributed by atoms with Crippen molar-refractivity contribution in [1.29, 1.82) is 0 Å². The van der Waals surface area contributed by atoms with E-state index in [4.69, 9.17) is 4.74 Å². The summed E-state index contributed by atoms with van der Waals surface area (Å²) >= 11 is 0. The molecule has 2 rings (SSSR count). The molecular formula is C14H22N2O. The highest BCUT2D eigenvalue weighted by Crippen LogP contribution is 2.16. The van der Waals surface area contributed by atoms with Crippen LogP contribution in [-0.2, 0) is 6.54 Å². The van der Waals surface area contributed by atoms with Gasteiger partial charge in [-0.05, 0) is 24.1 Å². The van der Waals surface area contributed by atoms with E-state index in [1.165, 1.54) is 12.0 Å². The van der Waals surface area contributed by atoms with Gasteiger partial charge in [0.1, 0.15) is 5.75 Å². The van der Waals surface area contributed by atoms with Gasteiger partial charge in [0.2, 0.25) is 0 Å². The van der Waals surface area contributed by atoms with E-state index in [1.807, 2.05) is 12.1 Å². The maximum atomic E-state index is 5.18. The van der Waals surface area contributed by atoms with Crippen LogP contribution in [0.4, 0.5) is 0 Å². The molecule has 1 atom stereocenters. The first-order valence-electron chi connectivity index (χ1n) is 6.41. The summed E-state index contributed by atoms with van der Waals surface area (Å²) in [4.78, 5) is 2.57. The third kappa shape index (κ3) is 3.20. The summed E-state index contributed by atoms with van der Waals surface area (Å²) in [6.45, 7) is 6.67. The van der Waals surface area contributed by atoms with Crippen molar-refractivity contribution in [3.63, 3.8) is 0 Å². The van der Waals surface area contributed by atoms with Gasteiger partial charge in [0.25, 0.3) is 0 Å². The zero-order chi connectivity index (χ0) is 12.1. The molecule has 1 heterocycles. The number of piperazine rings is 1. The molecule has 1 aromatic carbocycles. The van der Waals surface area contributed by atoms with Gasteiger partial charge in [0, 0.05) is 32.2 Å². The van der Waals surface area contributed by atoms with Crippen LogP contribution in [0.15, 0.2) is 24.3 Å². The molecule has 3 nitrogen and oxygen atoms in total. The van der Waals surface area contributed by atoms with Crippen LogP contribution in [0.2, 0.25) is 0 Å². The smallest absolute Gasteiger partial charge is 0.118 e. The highest BCUT2D eigenvalue weighted by Gasteiger charge is 2.20. The highest BCUT2D eigenvalue weighted by molar-refractivity contribution is 5.27. The van der Waals surface area contributed by atoms with Gasteiger partial charge in [-0.2, -0.15) is 0 Å². The number of benzene rings is 1. The molecule has 1 aliphatic rings. The topological polar surface area (TPSA) is 24.5 Å². The standard InChI is InChI=1S/C14H22N2O/c1-3-13-10-15-8-9-16(13)11-12-4-6-14(17-2)7-5-12/h4-7,13,15H,3,8-11H2,1-2H3. The molecule has 1 saturated heterocycles. The van der Waals surface area contributed by atoms with Crippen molar-refractivity contribution < 1.29 is 4.74 Å². The van der Waals surface area contributed by atoms with Gasteiger partial charge in [-0.3, -0.25) is 4.90 Å². The van der Waals surface area contributed by atoms with Crippen molar-refractivity contribution in [2.45, 2.75) is 25.9 Å². The number of ether oxygens (including phenoxy) is 1. The van der Waals surface area contributed by atoms with E-state index in [9.17, 15) is 0 Å². The first-order valence-corrected chi connectivity index (χ1v) is 6.41. The van der Waals surface area contributed by atoms with Crippen molar-refractivity contribution >= 4 is 0 Å². The minimum atomic E-state index is 0.672. The zero-order valence-corrected chi connectivity index (χ0v) is 10.8. The summed E-state index contributed by atoms with van der Waals surface area (Å²) in [5.41, 5.74) is 1.37. The molecule has 0 aromatic heterocycles. The number of rotatable bonds is 4. The second-order valence-corrected chi connectivity index (χ2v) is 4.58. The van der Waals surface area contributed by atoms with Gasteiger partial charge < -0.3 is 10.1 Å². The Kier molecular flexibility index (Phi) is 4.40. The maximum absolute atomic E-state index is 5.18. The van der Waals surface area contributed by atoms with Crippen LogP contribution >= 0.6 is 0 Å². The molecule has 0 bridgehead atoms. The van der Waals surface area contributed by atoms with Crippen LogP contribution in [-0.4, -0.2) is 37.7 Å². The molecule has 0 saturated carbocycles.